The van der Waals surface area contributed by atoms with Crippen molar-refractivity contribution in [1.82, 2.24) is 4.98 Å². The van der Waals surface area contributed by atoms with E-state index >= 15 is 0 Å². The molecule has 0 aliphatic carbocycles. The lowest BCUT2D eigenvalue weighted by atomic mass is 10.3. The van der Waals surface area contributed by atoms with E-state index in [1.165, 1.54) is 37.5 Å². The average Bonchev–Trinajstić information content (AvgIpc) is 2.47. The van der Waals surface area contributed by atoms with Crippen LogP contribution in [0.25, 0.3) is 0 Å². The molecule has 2 rings (SSSR count). The third kappa shape index (κ3) is 3.22. The SMILES string of the molecule is CN(c1ccnc(C(=O)O)c1)S(=O)(=O)c1ccc(Br)cc1. The van der Waals surface area contributed by atoms with Gasteiger partial charge in [0, 0.05) is 17.7 Å². The fraction of sp³-hybridized carbons (Fsp3) is 0.0769. The number of carboxylic acid groups (broad SMARTS) is 1. The van der Waals surface area contributed by atoms with E-state index in [2.05, 4.69) is 20.9 Å². The Kier molecular flexibility index (Phi) is 4.29. The van der Waals surface area contributed by atoms with Gasteiger partial charge in [0.2, 0.25) is 0 Å². The predicted octanol–water partition coefficient (Wildman–Crippen LogP) is 2.37. The van der Waals surface area contributed by atoms with Crippen LogP contribution in [0, 0.1) is 0 Å². The van der Waals surface area contributed by atoms with Crippen LogP contribution in [0.5, 0.6) is 0 Å². The number of halogens is 1. The van der Waals surface area contributed by atoms with Crippen molar-refractivity contribution in [2.75, 3.05) is 11.4 Å². The summed E-state index contributed by atoms with van der Waals surface area (Å²) in [6, 6.07) is 8.82. The van der Waals surface area contributed by atoms with Crippen molar-refractivity contribution in [3.8, 4) is 0 Å². The number of anilines is 1. The van der Waals surface area contributed by atoms with Gasteiger partial charge < -0.3 is 5.11 Å². The first-order valence-electron chi connectivity index (χ1n) is 5.76. The molecule has 0 spiro atoms. The molecular formula is C13H11BrN2O4S. The maximum Gasteiger partial charge on any atom is 0.354 e. The van der Waals surface area contributed by atoms with Crippen LogP contribution < -0.4 is 4.31 Å². The molecule has 1 aromatic heterocycles. The molecule has 1 heterocycles. The molecule has 0 bridgehead atoms. The van der Waals surface area contributed by atoms with Crippen LogP contribution in [0.4, 0.5) is 5.69 Å². The molecule has 110 valence electrons. The molecule has 0 fully saturated rings. The Morgan fingerprint density at radius 3 is 2.43 bits per heavy atom. The summed E-state index contributed by atoms with van der Waals surface area (Å²) in [6.45, 7) is 0. The number of carbonyl (C=O) groups is 1. The van der Waals surface area contributed by atoms with E-state index < -0.39 is 16.0 Å². The van der Waals surface area contributed by atoms with Crippen LogP contribution in [0.15, 0.2) is 52.0 Å². The summed E-state index contributed by atoms with van der Waals surface area (Å²) in [5.74, 6) is -1.22. The molecule has 1 N–H and O–H groups in total. The van der Waals surface area contributed by atoms with E-state index in [9.17, 15) is 13.2 Å². The Labute approximate surface area is 130 Å². The molecule has 0 saturated heterocycles. The first kappa shape index (κ1) is 15.5. The van der Waals surface area contributed by atoms with Crippen LogP contribution in [-0.2, 0) is 10.0 Å². The number of pyridine rings is 1. The number of aromatic carboxylic acids is 1. The number of aromatic nitrogens is 1. The van der Waals surface area contributed by atoms with Gasteiger partial charge in [-0.25, -0.2) is 18.2 Å². The Bertz CT molecular complexity index is 775. The number of hydrogen-bond donors (Lipinski definition) is 1. The van der Waals surface area contributed by atoms with Gasteiger partial charge in [0.05, 0.1) is 10.6 Å². The van der Waals surface area contributed by atoms with Crippen molar-refractivity contribution in [1.29, 1.82) is 0 Å². The van der Waals surface area contributed by atoms with E-state index in [4.69, 9.17) is 5.11 Å². The molecule has 6 nitrogen and oxygen atoms in total. The number of sulfonamides is 1. The van der Waals surface area contributed by atoms with E-state index in [-0.39, 0.29) is 16.3 Å². The van der Waals surface area contributed by atoms with Crippen molar-refractivity contribution in [3.63, 3.8) is 0 Å². The van der Waals surface area contributed by atoms with E-state index in [0.717, 1.165) is 8.78 Å². The van der Waals surface area contributed by atoms with Gasteiger partial charge in [-0.05, 0) is 36.4 Å². The van der Waals surface area contributed by atoms with Crippen LogP contribution in [0.3, 0.4) is 0 Å². The van der Waals surface area contributed by atoms with Crippen molar-refractivity contribution in [3.05, 3.63) is 52.8 Å². The standard InChI is InChI=1S/C13H11BrN2O4S/c1-16(10-6-7-15-12(8-10)13(17)18)21(19,20)11-4-2-9(14)3-5-11/h2-8H,1H3,(H,17,18). The summed E-state index contributed by atoms with van der Waals surface area (Å²) < 4.78 is 26.7. The van der Waals surface area contributed by atoms with Crippen molar-refractivity contribution >= 4 is 37.6 Å². The first-order valence-corrected chi connectivity index (χ1v) is 7.99. The zero-order valence-electron chi connectivity index (χ0n) is 10.9. The molecule has 0 aliphatic rings. The average molecular weight is 371 g/mol. The van der Waals surface area contributed by atoms with Crippen LogP contribution >= 0.6 is 15.9 Å². The summed E-state index contributed by atoms with van der Waals surface area (Å²) >= 11 is 3.24. The minimum Gasteiger partial charge on any atom is -0.477 e. The molecule has 21 heavy (non-hydrogen) atoms. The lowest BCUT2D eigenvalue weighted by Gasteiger charge is -2.19. The van der Waals surface area contributed by atoms with Gasteiger partial charge in [0.25, 0.3) is 10.0 Å². The Morgan fingerprint density at radius 2 is 1.86 bits per heavy atom. The number of benzene rings is 1. The van der Waals surface area contributed by atoms with E-state index in [0.29, 0.717) is 0 Å². The van der Waals surface area contributed by atoms with Gasteiger partial charge in [-0.3, -0.25) is 4.31 Å². The number of nitrogens with zero attached hydrogens (tertiary/aromatic N) is 2. The van der Waals surface area contributed by atoms with Crippen molar-refractivity contribution in [2.24, 2.45) is 0 Å². The quantitative estimate of drug-likeness (QED) is 0.892. The third-order valence-corrected chi connectivity index (χ3v) is 5.13. The minimum absolute atomic E-state index is 0.113. The lowest BCUT2D eigenvalue weighted by molar-refractivity contribution is 0.0690. The van der Waals surface area contributed by atoms with Gasteiger partial charge >= 0.3 is 5.97 Å². The molecule has 2 aromatic rings. The van der Waals surface area contributed by atoms with Crippen LogP contribution in [0.1, 0.15) is 10.5 Å². The lowest BCUT2D eigenvalue weighted by Crippen LogP contribution is -2.26. The molecule has 0 unspecified atom stereocenters. The summed E-state index contributed by atoms with van der Waals surface area (Å²) in [7, 11) is -2.40. The Balaban J connectivity index is 2.43. The zero-order chi connectivity index (χ0) is 15.6. The molecule has 0 saturated carbocycles. The molecular weight excluding hydrogens is 360 g/mol. The molecule has 8 heteroatoms. The normalized spacial score (nSPS) is 11.1. The zero-order valence-corrected chi connectivity index (χ0v) is 13.3. The monoisotopic (exact) mass is 370 g/mol. The van der Waals surface area contributed by atoms with E-state index in [1.54, 1.807) is 12.1 Å². The summed E-state index contributed by atoms with van der Waals surface area (Å²) in [5, 5.41) is 8.91. The second-order valence-electron chi connectivity index (χ2n) is 4.13. The summed E-state index contributed by atoms with van der Waals surface area (Å²) in [5.41, 5.74) is 0.00988. The largest absolute Gasteiger partial charge is 0.477 e. The van der Waals surface area contributed by atoms with E-state index in [1.807, 2.05) is 0 Å². The van der Waals surface area contributed by atoms with Gasteiger partial charge in [-0.2, -0.15) is 0 Å². The Morgan fingerprint density at radius 1 is 1.24 bits per heavy atom. The van der Waals surface area contributed by atoms with Crippen LogP contribution in [-0.4, -0.2) is 31.5 Å². The first-order chi connectivity index (χ1) is 9.82. The number of hydrogen-bond acceptors (Lipinski definition) is 4. The second-order valence-corrected chi connectivity index (χ2v) is 7.02. The van der Waals surface area contributed by atoms with Gasteiger partial charge in [-0.15, -0.1) is 0 Å². The molecule has 0 amide bonds. The number of rotatable bonds is 4. The van der Waals surface area contributed by atoms with Gasteiger partial charge in [0.15, 0.2) is 0 Å². The second kappa shape index (κ2) is 5.82. The highest BCUT2D eigenvalue weighted by Gasteiger charge is 2.22. The Hall–Kier alpha value is -1.93. The van der Waals surface area contributed by atoms with Gasteiger partial charge in [-0.1, -0.05) is 15.9 Å². The minimum atomic E-state index is -3.76. The van der Waals surface area contributed by atoms with Crippen molar-refractivity contribution in [2.45, 2.75) is 4.90 Å². The highest BCUT2D eigenvalue weighted by molar-refractivity contribution is 9.10. The molecule has 0 atom stereocenters. The predicted molar refractivity (Wildman–Crippen MR) is 80.9 cm³/mol. The van der Waals surface area contributed by atoms with Gasteiger partial charge in [0.1, 0.15) is 5.69 Å². The molecule has 1 aromatic carbocycles. The molecule has 0 aliphatic heterocycles. The fourth-order valence-electron chi connectivity index (χ4n) is 1.64. The highest BCUT2D eigenvalue weighted by atomic mass is 79.9. The van der Waals surface area contributed by atoms with Crippen LogP contribution in [0.2, 0.25) is 0 Å². The topological polar surface area (TPSA) is 87.6 Å². The van der Waals surface area contributed by atoms with Crippen molar-refractivity contribution < 1.29 is 18.3 Å². The summed E-state index contributed by atoms with van der Waals surface area (Å²) in [6.07, 6.45) is 1.26. The molecule has 0 radical (unpaired) electrons. The fourth-order valence-corrected chi connectivity index (χ4v) is 3.09. The highest BCUT2D eigenvalue weighted by Crippen LogP contribution is 2.23. The number of carboxylic acids is 1. The summed E-state index contributed by atoms with van der Waals surface area (Å²) in [4.78, 5) is 14.7. The maximum atomic E-state index is 12.5. The maximum absolute atomic E-state index is 12.5. The smallest absolute Gasteiger partial charge is 0.354 e. The third-order valence-electron chi connectivity index (χ3n) is 2.80.